The Morgan fingerprint density at radius 1 is 1.32 bits per heavy atom. The van der Waals surface area contributed by atoms with Crippen LogP contribution in [0.5, 0.6) is 0 Å². The van der Waals surface area contributed by atoms with Crippen molar-refractivity contribution in [2.75, 3.05) is 11.4 Å². The second-order valence-electron chi connectivity index (χ2n) is 5.14. The van der Waals surface area contributed by atoms with Crippen molar-refractivity contribution in [3.63, 3.8) is 0 Å². The normalized spacial score (nSPS) is 22.8. The highest BCUT2D eigenvalue weighted by Gasteiger charge is 2.45. The van der Waals surface area contributed by atoms with Gasteiger partial charge in [-0.15, -0.1) is 0 Å². The number of carbonyl (C=O) groups excluding carboxylic acids is 1. The highest BCUT2D eigenvalue weighted by atomic mass is 32.2. The van der Waals surface area contributed by atoms with E-state index in [0.717, 1.165) is 17.4 Å². The fraction of sp³-hybridized carbons (Fsp3) is 0.467. The number of anilines is 1. The van der Waals surface area contributed by atoms with Crippen LogP contribution in [0.15, 0.2) is 35.3 Å². The van der Waals surface area contributed by atoms with Crippen LogP contribution in [0.25, 0.3) is 0 Å². The summed E-state index contributed by atoms with van der Waals surface area (Å²) in [6.07, 6.45) is 0. The molecule has 1 aromatic rings. The first-order chi connectivity index (χ1) is 8.99. The second kappa shape index (κ2) is 5.37. The van der Waals surface area contributed by atoms with Gasteiger partial charge in [-0.2, -0.15) is 4.99 Å². The summed E-state index contributed by atoms with van der Waals surface area (Å²) in [5.41, 5.74) is 1.08. The van der Waals surface area contributed by atoms with Gasteiger partial charge in [0.1, 0.15) is 4.75 Å². The third-order valence-electron chi connectivity index (χ3n) is 3.64. The zero-order valence-corrected chi connectivity index (χ0v) is 12.7. The summed E-state index contributed by atoms with van der Waals surface area (Å²) in [6, 6.07) is 10.1. The predicted molar refractivity (Wildman–Crippen MR) is 82.7 cm³/mol. The van der Waals surface area contributed by atoms with Gasteiger partial charge < -0.3 is 4.90 Å². The SMILES string of the molecule is CCN(C1=NC(=O)[C@](C)(C(C)C)S1)c1ccccc1. The molecule has 1 heterocycles. The van der Waals surface area contributed by atoms with Crippen LogP contribution in [-0.4, -0.2) is 22.4 Å². The summed E-state index contributed by atoms with van der Waals surface area (Å²) < 4.78 is -0.433. The molecule has 1 amide bonds. The molecule has 0 fully saturated rings. The van der Waals surface area contributed by atoms with E-state index >= 15 is 0 Å². The molecule has 0 saturated carbocycles. The molecule has 102 valence electrons. The Morgan fingerprint density at radius 2 is 1.95 bits per heavy atom. The fourth-order valence-corrected chi connectivity index (χ4v) is 3.19. The molecule has 0 radical (unpaired) electrons. The number of carbonyl (C=O) groups is 1. The molecule has 19 heavy (non-hydrogen) atoms. The van der Waals surface area contributed by atoms with Gasteiger partial charge in [0.05, 0.1) is 0 Å². The minimum atomic E-state index is -0.433. The summed E-state index contributed by atoms with van der Waals surface area (Å²) >= 11 is 1.58. The van der Waals surface area contributed by atoms with E-state index in [1.165, 1.54) is 0 Å². The second-order valence-corrected chi connectivity index (χ2v) is 6.56. The first kappa shape index (κ1) is 14.1. The lowest BCUT2D eigenvalue weighted by Crippen LogP contribution is -2.34. The van der Waals surface area contributed by atoms with Gasteiger partial charge in [0.2, 0.25) is 0 Å². The molecule has 0 N–H and O–H groups in total. The van der Waals surface area contributed by atoms with Crippen LogP contribution < -0.4 is 4.90 Å². The average Bonchev–Trinajstić information content (AvgIpc) is 2.69. The summed E-state index contributed by atoms with van der Waals surface area (Å²) in [7, 11) is 0. The summed E-state index contributed by atoms with van der Waals surface area (Å²) in [6.45, 7) is 9.01. The van der Waals surface area contributed by atoms with Gasteiger partial charge in [-0.25, -0.2) is 0 Å². The molecule has 0 aliphatic carbocycles. The third-order valence-corrected chi connectivity index (χ3v) is 5.21. The number of nitrogens with zero attached hydrogens (tertiary/aromatic N) is 2. The van der Waals surface area contributed by atoms with E-state index in [-0.39, 0.29) is 11.8 Å². The number of amides is 1. The molecular formula is C15H20N2OS. The Morgan fingerprint density at radius 3 is 2.42 bits per heavy atom. The Labute approximate surface area is 119 Å². The lowest BCUT2D eigenvalue weighted by Gasteiger charge is -2.27. The van der Waals surface area contributed by atoms with Crippen LogP contribution in [0.4, 0.5) is 5.69 Å². The van der Waals surface area contributed by atoms with Crippen molar-refractivity contribution in [2.24, 2.45) is 10.9 Å². The van der Waals surface area contributed by atoms with Crippen LogP contribution in [0.1, 0.15) is 27.7 Å². The van der Waals surface area contributed by atoms with Crippen LogP contribution in [0, 0.1) is 5.92 Å². The number of hydrogen-bond donors (Lipinski definition) is 0. The van der Waals surface area contributed by atoms with Crippen LogP contribution >= 0.6 is 11.8 Å². The van der Waals surface area contributed by atoms with Gasteiger partial charge in [-0.1, -0.05) is 43.8 Å². The van der Waals surface area contributed by atoms with Gasteiger partial charge >= 0.3 is 0 Å². The van der Waals surface area contributed by atoms with E-state index in [1.807, 2.05) is 37.3 Å². The molecular weight excluding hydrogens is 256 g/mol. The Balaban J connectivity index is 2.28. The third kappa shape index (κ3) is 2.54. The molecule has 1 aromatic carbocycles. The Bertz CT molecular complexity index is 498. The van der Waals surface area contributed by atoms with E-state index in [4.69, 9.17) is 0 Å². The molecule has 1 aliphatic heterocycles. The van der Waals surface area contributed by atoms with Gasteiger partial charge in [0.25, 0.3) is 5.91 Å². The number of benzene rings is 1. The first-order valence-corrected chi connectivity index (χ1v) is 7.45. The molecule has 0 aromatic heterocycles. The summed E-state index contributed by atoms with van der Waals surface area (Å²) in [5, 5.41) is 0.815. The highest BCUT2D eigenvalue weighted by Crippen LogP contribution is 2.41. The number of para-hydroxylation sites is 1. The molecule has 0 unspecified atom stereocenters. The Hall–Kier alpha value is -1.29. The lowest BCUT2D eigenvalue weighted by atomic mass is 9.96. The Kier molecular flexibility index (Phi) is 3.99. The van der Waals surface area contributed by atoms with Crippen LogP contribution in [0.2, 0.25) is 0 Å². The average molecular weight is 276 g/mol. The molecule has 0 bridgehead atoms. The van der Waals surface area contributed by atoms with E-state index in [1.54, 1.807) is 11.8 Å². The van der Waals surface area contributed by atoms with Crippen LogP contribution in [-0.2, 0) is 4.79 Å². The first-order valence-electron chi connectivity index (χ1n) is 6.63. The zero-order valence-electron chi connectivity index (χ0n) is 11.9. The minimum Gasteiger partial charge on any atom is -0.321 e. The summed E-state index contributed by atoms with van der Waals surface area (Å²) in [4.78, 5) is 18.5. The minimum absolute atomic E-state index is 0.0168. The topological polar surface area (TPSA) is 32.7 Å². The predicted octanol–water partition coefficient (Wildman–Crippen LogP) is 3.56. The molecule has 1 aliphatic rings. The molecule has 0 saturated heterocycles. The fourth-order valence-electron chi connectivity index (χ4n) is 1.97. The van der Waals surface area contributed by atoms with Crippen molar-refractivity contribution in [2.45, 2.75) is 32.4 Å². The van der Waals surface area contributed by atoms with Gasteiger partial charge in [0, 0.05) is 12.2 Å². The largest absolute Gasteiger partial charge is 0.321 e. The lowest BCUT2D eigenvalue weighted by molar-refractivity contribution is -0.120. The maximum atomic E-state index is 12.2. The number of thioether (sulfide) groups is 1. The van der Waals surface area contributed by atoms with E-state index in [9.17, 15) is 4.79 Å². The molecule has 3 nitrogen and oxygen atoms in total. The van der Waals surface area contributed by atoms with Crippen molar-refractivity contribution in [1.29, 1.82) is 0 Å². The van der Waals surface area contributed by atoms with Crippen LogP contribution in [0.3, 0.4) is 0 Å². The molecule has 1 atom stereocenters. The smallest absolute Gasteiger partial charge is 0.264 e. The molecule has 2 rings (SSSR count). The van der Waals surface area contributed by atoms with Crippen molar-refractivity contribution in [3.8, 4) is 0 Å². The summed E-state index contributed by atoms with van der Waals surface area (Å²) in [5.74, 6) is 0.248. The van der Waals surface area contributed by atoms with Crippen molar-refractivity contribution in [3.05, 3.63) is 30.3 Å². The quantitative estimate of drug-likeness (QED) is 0.846. The van der Waals surface area contributed by atoms with Crippen molar-refractivity contribution >= 4 is 28.5 Å². The maximum Gasteiger partial charge on any atom is 0.264 e. The van der Waals surface area contributed by atoms with Gasteiger partial charge in [-0.3, -0.25) is 4.79 Å². The highest BCUT2D eigenvalue weighted by molar-refractivity contribution is 8.16. The number of aliphatic imine (C=N–C) groups is 1. The molecule has 0 spiro atoms. The van der Waals surface area contributed by atoms with Crippen molar-refractivity contribution in [1.82, 2.24) is 0 Å². The van der Waals surface area contributed by atoms with Crippen molar-refractivity contribution < 1.29 is 4.79 Å². The standard InChI is InChI=1S/C15H20N2OS/c1-5-17(12-9-7-6-8-10-12)14-16-13(18)15(4,19-14)11(2)3/h6-11H,5H2,1-4H3/t15-/m0/s1. The number of amidine groups is 1. The van der Waals surface area contributed by atoms with Gasteiger partial charge in [-0.05, 0) is 31.9 Å². The van der Waals surface area contributed by atoms with E-state index < -0.39 is 4.75 Å². The number of rotatable bonds is 3. The van der Waals surface area contributed by atoms with Gasteiger partial charge in [0.15, 0.2) is 5.17 Å². The zero-order chi connectivity index (χ0) is 14.0. The van der Waals surface area contributed by atoms with E-state index in [0.29, 0.717) is 0 Å². The van der Waals surface area contributed by atoms with E-state index in [2.05, 4.69) is 30.7 Å². The monoisotopic (exact) mass is 276 g/mol. The molecule has 4 heteroatoms. The number of hydrogen-bond acceptors (Lipinski definition) is 3. The maximum absolute atomic E-state index is 12.2.